The number of nitrogens with one attached hydrogen (secondary N) is 1. The third-order valence-corrected chi connectivity index (χ3v) is 2.76. The third kappa shape index (κ3) is 3.99. The van der Waals surface area contributed by atoms with Crippen LogP contribution in [-0.2, 0) is 4.79 Å². The van der Waals surface area contributed by atoms with Crippen LogP contribution in [0.15, 0.2) is 6.20 Å². The summed E-state index contributed by atoms with van der Waals surface area (Å²) in [6, 6.07) is -0.341. The quantitative estimate of drug-likeness (QED) is 0.825. The van der Waals surface area contributed by atoms with Gasteiger partial charge in [0.1, 0.15) is 5.00 Å². The van der Waals surface area contributed by atoms with Gasteiger partial charge in [-0.2, -0.15) is 0 Å². The normalized spacial score (nSPS) is 11.9. The van der Waals surface area contributed by atoms with E-state index in [0.29, 0.717) is 11.5 Å². The van der Waals surface area contributed by atoms with E-state index >= 15 is 0 Å². The highest BCUT2D eigenvalue weighted by Crippen LogP contribution is 2.11. The summed E-state index contributed by atoms with van der Waals surface area (Å²) in [4.78, 5) is 23.9. The second kappa shape index (κ2) is 6.14. The zero-order valence-corrected chi connectivity index (χ0v) is 10.4. The predicted octanol–water partition coefficient (Wildman–Crippen LogP) is 1.11. The minimum absolute atomic E-state index is 0.171. The Hall–Kier alpha value is -1.70. The number of carboxylic acids is 1. The molecular formula is C9H14N4O3S. The van der Waals surface area contributed by atoms with Crippen LogP contribution in [0.2, 0.25) is 0 Å². The topological polar surface area (TPSA) is 95.4 Å². The number of rotatable bonds is 5. The zero-order valence-electron chi connectivity index (χ0n) is 9.58. The Morgan fingerprint density at radius 2 is 2.35 bits per heavy atom. The summed E-state index contributed by atoms with van der Waals surface area (Å²) in [5.41, 5.74) is 0. The first-order valence-corrected chi connectivity index (χ1v) is 5.88. The fourth-order valence-electron chi connectivity index (χ4n) is 1.17. The zero-order chi connectivity index (χ0) is 12.8. The van der Waals surface area contributed by atoms with Crippen molar-refractivity contribution in [2.75, 3.05) is 18.4 Å². The molecule has 2 amide bonds. The molecular weight excluding hydrogens is 244 g/mol. The van der Waals surface area contributed by atoms with E-state index in [2.05, 4.69) is 14.9 Å². The summed E-state index contributed by atoms with van der Waals surface area (Å²) in [5.74, 6) is -1.52. The van der Waals surface area contributed by atoms with E-state index in [1.54, 1.807) is 13.8 Å². The van der Waals surface area contributed by atoms with Gasteiger partial charge in [0.25, 0.3) is 0 Å². The van der Waals surface area contributed by atoms with E-state index < -0.39 is 11.9 Å². The van der Waals surface area contributed by atoms with Gasteiger partial charge in [-0.25, -0.2) is 4.79 Å². The molecule has 1 unspecified atom stereocenters. The highest BCUT2D eigenvalue weighted by Gasteiger charge is 2.19. The lowest BCUT2D eigenvalue weighted by Gasteiger charge is -2.22. The van der Waals surface area contributed by atoms with Crippen LogP contribution >= 0.6 is 11.5 Å². The first-order chi connectivity index (χ1) is 8.04. The molecule has 1 atom stereocenters. The molecule has 0 aliphatic rings. The van der Waals surface area contributed by atoms with Crippen LogP contribution in [0.1, 0.15) is 13.8 Å². The number of aliphatic carboxylic acids is 1. The SMILES string of the molecule is CCN(CC(C)C(=O)O)C(=O)Nc1cnns1. The van der Waals surface area contributed by atoms with Crippen LogP contribution in [0, 0.1) is 5.92 Å². The lowest BCUT2D eigenvalue weighted by molar-refractivity contribution is -0.141. The molecule has 17 heavy (non-hydrogen) atoms. The second-order valence-corrected chi connectivity index (χ2v) is 4.28. The Balaban J connectivity index is 2.55. The number of urea groups is 1. The average Bonchev–Trinajstić information content (AvgIpc) is 2.77. The van der Waals surface area contributed by atoms with Gasteiger partial charge in [0.05, 0.1) is 12.1 Å². The number of carboxylic acid groups (broad SMARTS) is 1. The minimum atomic E-state index is -0.921. The molecule has 0 radical (unpaired) electrons. The van der Waals surface area contributed by atoms with Gasteiger partial charge in [-0.15, -0.1) is 5.10 Å². The fourth-order valence-corrected chi connectivity index (χ4v) is 1.58. The number of nitrogens with zero attached hydrogens (tertiary/aromatic N) is 3. The summed E-state index contributed by atoms with van der Waals surface area (Å²) in [7, 11) is 0. The number of carbonyl (C=O) groups is 2. The largest absolute Gasteiger partial charge is 0.481 e. The standard InChI is InChI=1S/C9H14N4O3S/c1-3-13(5-6(2)8(14)15)9(16)11-7-4-10-12-17-7/h4,6H,3,5H2,1-2H3,(H,11,16)(H,14,15). The van der Waals surface area contributed by atoms with Crippen LogP contribution < -0.4 is 5.32 Å². The van der Waals surface area contributed by atoms with Crippen molar-refractivity contribution in [1.82, 2.24) is 14.5 Å². The smallest absolute Gasteiger partial charge is 0.322 e. The van der Waals surface area contributed by atoms with E-state index in [4.69, 9.17) is 5.11 Å². The summed E-state index contributed by atoms with van der Waals surface area (Å²) in [5, 5.41) is 15.5. The first-order valence-electron chi connectivity index (χ1n) is 5.10. The molecule has 0 fully saturated rings. The van der Waals surface area contributed by atoms with E-state index in [1.165, 1.54) is 11.1 Å². The van der Waals surface area contributed by atoms with Crippen LogP contribution in [0.4, 0.5) is 9.80 Å². The van der Waals surface area contributed by atoms with Gasteiger partial charge in [-0.3, -0.25) is 10.1 Å². The van der Waals surface area contributed by atoms with Crippen LogP contribution in [0.25, 0.3) is 0 Å². The lowest BCUT2D eigenvalue weighted by Crippen LogP contribution is -2.39. The molecule has 1 rings (SSSR count). The van der Waals surface area contributed by atoms with Gasteiger partial charge in [-0.1, -0.05) is 11.4 Å². The van der Waals surface area contributed by atoms with Gasteiger partial charge in [0, 0.05) is 24.6 Å². The Morgan fingerprint density at radius 3 is 2.82 bits per heavy atom. The highest BCUT2D eigenvalue weighted by molar-refractivity contribution is 7.10. The molecule has 0 saturated heterocycles. The van der Waals surface area contributed by atoms with Crippen molar-refractivity contribution in [1.29, 1.82) is 0 Å². The molecule has 1 aromatic rings. The maximum Gasteiger partial charge on any atom is 0.322 e. The summed E-state index contributed by atoms with van der Waals surface area (Å²) in [6.07, 6.45) is 1.44. The highest BCUT2D eigenvalue weighted by atomic mass is 32.1. The molecule has 2 N–H and O–H groups in total. The van der Waals surface area contributed by atoms with Crippen LogP contribution in [0.5, 0.6) is 0 Å². The Labute approximate surface area is 103 Å². The monoisotopic (exact) mass is 258 g/mol. The second-order valence-electron chi connectivity index (χ2n) is 3.49. The number of carbonyl (C=O) groups excluding carboxylic acids is 1. The molecule has 8 heteroatoms. The summed E-state index contributed by atoms with van der Waals surface area (Å²) < 4.78 is 3.61. The number of hydrogen-bond donors (Lipinski definition) is 2. The van der Waals surface area contributed by atoms with Crippen LogP contribution in [0.3, 0.4) is 0 Å². The van der Waals surface area contributed by atoms with Gasteiger partial charge in [0.2, 0.25) is 0 Å². The fraction of sp³-hybridized carbons (Fsp3) is 0.556. The van der Waals surface area contributed by atoms with Gasteiger partial charge in [0.15, 0.2) is 0 Å². The molecule has 0 spiro atoms. The predicted molar refractivity (Wildman–Crippen MR) is 63.0 cm³/mol. The molecule has 0 aromatic carbocycles. The number of anilines is 1. The molecule has 0 saturated carbocycles. The van der Waals surface area contributed by atoms with Crippen molar-refractivity contribution >= 4 is 28.5 Å². The Kier molecular flexibility index (Phi) is 4.83. The molecule has 1 heterocycles. The van der Waals surface area contributed by atoms with Crippen molar-refractivity contribution in [2.45, 2.75) is 13.8 Å². The number of aromatic nitrogens is 2. The molecule has 1 aromatic heterocycles. The van der Waals surface area contributed by atoms with Crippen molar-refractivity contribution in [3.05, 3.63) is 6.20 Å². The molecule has 94 valence electrons. The van der Waals surface area contributed by atoms with E-state index in [1.807, 2.05) is 0 Å². The molecule has 0 bridgehead atoms. The summed E-state index contributed by atoms with van der Waals surface area (Å²) in [6.45, 7) is 3.96. The third-order valence-electron chi connectivity index (χ3n) is 2.18. The van der Waals surface area contributed by atoms with Gasteiger partial charge in [-0.05, 0) is 6.92 Å². The lowest BCUT2D eigenvalue weighted by atomic mass is 10.2. The van der Waals surface area contributed by atoms with Crippen molar-refractivity contribution in [3.63, 3.8) is 0 Å². The Morgan fingerprint density at radius 1 is 1.65 bits per heavy atom. The average molecular weight is 258 g/mol. The number of amides is 2. The molecule has 0 aliphatic heterocycles. The maximum atomic E-state index is 11.8. The van der Waals surface area contributed by atoms with E-state index in [-0.39, 0.29) is 12.6 Å². The van der Waals surface area contributed by atoms with E-state index in [0.717, 1.165) is 11.5 Å². The van der Waals surface area contributed by atoms with Crippen molar-refractivity contribution in [2.24, 2.45) is 5.92 Å². The van der Waals surface area contributed by atoms with Crippen LogP contribution in [-0.4, -0.2) is 44.7 Å². The van der Waals surface area contributed by atoms with Crippen molar-refractivity contribution < 1.29 is 14.7 Å². The van der Waals surface area contributed by atoms with Gasteiger partial charge >= 0.3 is 12.0 Å². The summed E-state index contributed by atoms with van der Waals surface area (Å²) >= 11 is 1.07. The molecule has 0 aliphatic carbocycles. The minimum Gasteiger partial charge on any atom is -0.481 e. The number of hydrogen-bond acceptors (Lipinski definition) is 5. The van der Waals surface area contributed by atoms with Gasteiger partial charge < -0.3 is 10.0 Å². The first kappa shape index (κ1) is 13.4. The molecule has 7 nitrogen and oxygen atoms in total. The van der Waals surface area contributed by atoms with Crippen molar-refractivity contribution in [3.8, 4) is 0 Å². The maximum absolute atomic E-state index is 11.8. The Bertz CT molecular complexity index is 382. The van der Waals surface area contributed by atoms with E-state index in [9.17, 15) is 9.59 Å².